The Balaban J connectivity index is 3.02. The van der Waals surface area contributed by atoms with Crippen LogP contribution in [0.4, 0.5) is 0 Å². The Bertz CT molecular complexity index is 426. The average Bonchev–Trinajstić information content (AvgIpc) is 2.62. The highest BCUT2D eigenvalue weighted by molar-refractivity contribution is 5.96. The van der Waals surface area contributed by atoms with Crippen LogP contribution in [0.3, 0.4) is 0 Å². The van der Waals surface area contributed by atoms with Crippen molar-refractivity contribution in [3.05, 3.63) is 23.5 Å². The van der Waals surface area contributed by atoms with E-state index in [1.54, 1.807) is 23.0 Å². The van der Waals surface area contributed by atoms with Crippen molar-refractivity contribution >= 4 is 12.0 Å². The first-order valence-corrected chi connectivity index (χ1v) is 4.56. The maximum Gasteiger partial charge on any atom is 0.346 e. The van der Waals surface area contributed by atoms with Crippen LogP contribution in [0.25, 0.3) is 6.08 Å². The molecule has 0 aliphatic rings. The zero-order chi connectivity index (χ0) is 11.3. The summed E-state index contributed by atoms with van der Waals surface area (Å²) in [6.07, 6.45) is 3.81. The van der Waals surface area contributed by atoms with Crippen LogP contribution < -0.4 is 0 Å². The summed E-state index contributed by atoms with van der Waals surface area (Å²) in [5, 5.41) is 21.3. The van der Waals surface area contributed by atoms with Gasteiger partial charge in [0.2, 0.25) is 0 Å². The van der Waals surface area contributed by atoms with E-state index in [-0.39, 0.29) is 5.57 Å². The first kappa shape index (κ1) is 11.0. The summed E-state index contributed by atoms with van der Waals surface area (Å²) in [4.78, 5) is 10.6. The Kier molecular flexibility index (Phi) is 3.63. The van der Waals surface area contributed by atoms with Crippen molar-refractivity contribution in [3.63, 3.8) is 0 Å². The molecule has 5 heteroatoms. The minimum absolute atomic E-state index is 0.284. The molecule has 0 saturated heterocycles. The van der Waals surface area contributed by atoms with E-state index in [0.29, 0.717) is 12.2 Å². The number of aryl methyl sites for hydroxylation is 1. The Morgan fingerprint density at radius 1 is 1.80 bits per heavy atom. The largest absolute Gasteiger partial charge is 0.477 e. The monoisotopic (exact) mass is 205 g/mol. The van der Waals surface area contributed by atoms with Gasteiger partial charge in [0.15, 0.2) is 0 Å². The van der Waals surface area contributed by atoms with Crippen molar-refractivity contribution in [2.75, 3.05) is 0 Å². The second-order valence-electron chi connectivity index (χ2n) is 2.95. The van der Waals surface area contributed by atoms with Gasteiger partial charge in [-0.2, -0.15) is 10.4 Å². The summed E-state index contributed by atoms with van der Waals surface area (Å²) < 4.78 is 1.67. The summed E-state index contributed by atoms with van der Waals surface area (Å²) in [5.74, 6) is -1.22. The molecule has 0 amide bonds. The van der Waals surface area contributed by atoms with Crippen LogP contribution in [0.5, 0.6) is 0 Å². The molecule has 0 unspecified atom stereocenters. The summed E-state index contributed by atoms with van der Waals surface area (Å²) >= 11 is 0. The highest BCUT2D eigenvalue weighted by Gasteiger charge is 2.07. The fraction of sp³-hybridized carbons (Fsp3) is 0.300. The normalized spacial score (nSPS) is 11.1. The first-order chi connectivity index (χ1) is 7.19. The van der Waals surface area contributed by atoms with Crippen molar-refractivity contribution in [1.29, 1.82) is 5.26 Å². The van der Waals surface area contributed by atoms with Crippen LogP contribution in [0, 0.1) is 11.3 Å². The molecule has 0 aliphatic carbocycles. The summed E-state index contributed by atoms with van der Waals surface area (Å²) in [6.45, 7) is 2.70. The third-order valence-corrected chi connectivity index (χ3v) is 1.83. The molecule has 0 fully saturated rings. The molecule has 0 spiro atoms. The number of carboxylic acid groups (broad SMARTS) is 1. The molecule has 0 aliphatic heterocycles. The lowest BCUT2D eigenvalue weighted by Gasteiger charge is -2.01. The van der Waals surface area contributed by atoms with Crippen LogP contribution >= 0.6 is 0 Å². The highest BCUT2D eigenvalue weighted by Crippen LogP contribution is 2.07. The number of aromatic nitrogens is 2. The van der Waals surface area contributed by atoms with Crippen molar-refractivity contribution in [2.24, 2.45) is 0 Å². The molecule has 1 N–H and O–H groups in total. The Morgan fingerprint density at radius 3 is 3.07 bits per heavy atom. The van der Waals surface area contributed by atoms with Crippen LogP contribution in [0.15, 0.2) is 17.8 Å². The molecule has 1 rings (SSSR count). The van der Waals surface area contributed by atoms with Gasteiger partial charge >= 0.3 is 5.97 Å². The minimum Gasteiger partial charge on any atom is -0.477 e. The van der Waals surface area contributed by atoms with Gasteiger partial charge in [-0.05, 0) is 18.6 Å². The van der Waals surface area contributed by atoms with Crippen LogP contribution in [-0.4, -0.2) is 20.9 Å². The lowest BCUT2D eigenvalue weighted by Crippen LogP contribution is -2.03. The van der Waals surface area contributed by atoms with E-state index in [1.807, 2.05) is 6.92 Å². The first-order valence-electron chi connectivity index (χ1n) is 4.56. The van der Waals surface area contributed by atoms with Gasteiger partial charge in [-0.15, -0.1) is 0 Å². The van der Waals surface area contributed by atoms with Gasteiger partial charge in [-0.3, -0.25) is 4.68 Å². The maximum atomic E-state index is 10.6. The lowest BCUT2D eigenvalue weighted by atomic mass is 10.2. The standard InChI is InChI=1S/C10H11N3O2/c1-2-5-13-9(3-4-12-13)6-8(7-11)10(14)15/h3-4,6H,2,5H2,1H3,(H,14,15)/b8-6-. The highest BCUT2D eigenvalue weighted by atomic mass is 16.4. The molecule has 0 radical (unpaired) electrons. The SMILES string of the molecule is CCCn1nccc1/C=C(/C#N)C(=O)O. The molecule has 1 aromatic rings. The van der Waals surface area contributed by atoms with E-state index in [2.05, 4.69) is 5.10 Å². The predicted octanol–water partition coefficient (Wildman–Crippen LogP) is 1.28. The van der Waals surface area contributed by atoms with Crippen molar-refractivity contribution in [3.8, 4) is 6.07 Å². The van der Waals surface area contributed by atoms with E-state index < -0.39 is 5.97 Å². The van der Waals surface area contributed by atoms with Gasteiger partial charge in [0.25, 0.3) is 0 Å². The van der Waals surface area contributed by atoms with Gasteiger partial charge in [0, 0.05) is 12.7 Å². The topological polar surface area (TPSA) is 78.9 Å². The molecule has 0 saturated carbocycles. The molecular weight excluding hydrogens is 194 g/mol. The fourth-order valence-corrected chi connectivity index (χ4v) is 1.15. The van der Waals surface area contributed by atoms with E-state index >= 15 is 0 Å². The Morgan fingerprint density at radius 2 is 2.53 bits per heavy atom. The van der Waals surface area contributed by atoms with Crippen LogP contribution in [-0.2, 0) is 11.3 Å². The zero-order valence-electron chi connectivity index (χ0n) is 8.34. The van der Waals surface area contributed by atoms with Gasteiger partial charge in [-0.1, -0.05) is 6.92 Å². The number of hydrogen-bond acceptors (Lipinski definition) is 3. The second-order valence-corrected chi connectivity index (χ2v) is 2.95. The summed E-state index contributed by atoms with van der Waals surface area (Å²) in [7, 11) is 0. The quantitative estimate of drug-likeness (QED) is 0.593. The van der Waals surface area contributed by atoms with Crippen LogP contribution in [0.1, 0.15) is 19.0 Å². The number of aliphatic carboxylic acids is 1. The smallest absolute Gasteiger partial charge is 0.346 e. The second kappa shape index (κ2) is 4.96. The number of nitriles is 1. The summed E-state index contributed by atoms with van der Waals surface area (Å²) in [5.41, 5.74) is 0.351. The van der Waals surface area contributed by atoms with E-state index in [1.165, 1.54) is 6.08 Å². The van der Waals surface area contributed by atoms with Gasteiger partial charge in [0.05, 0.1) is 5.69 Å². The van der Waals surface area contributed by atoms with Crippen molar-refractivity contribution in [1.82, 2.24) is 9.78 Å². The van der Waals surface area contributed by atoms with E-state index in [4.69, 9.17) is 10.4 Å². The van der Waals surface area contributed by atoms with Crippen LogP contribution in [0.2, 0.25) is 0 Å². The molecule has 1 heterocycles. The number of hydrogen-bond donors (Lipinski definition) is 1. The summed E-state index contributed by atoms with van der Waals surface area (Å²) in [6, 6.07) is 3.31. The molecule has 78 valence electrons. The molecule has 15 heavy (non-hydrogen) atoms. The molecule has 0 aromatic carbocycles. The van der Waals surface area contributed by atoms with E-state index in [0.717, 1.165) is 6.42 Å². The number of carboxylic acids is 1. The minimum atomic E-state index is -1.22. The molecule has 0 bridgehead atoms. The fourth-order valence-electron chi connectivity index (χ4n) is 1.15. The number of carbonyl (C=O) groups is 1. The zero-order valence-corrected chi connectivity index (χ0v) is 8.34. The molecule has 0 atom stereocenters. The molecule has 1 aromatic heterocycles. The van der Waals surface area contributed by atoms with Crippen molar-refractivity contribution < 1.29 is 9.90 Å². The van der Waals surface area contributed by atoms with E-state index in [9.17, 15) is 4.79 Å². The Labute approximate surface area is 87.3 Å². The van der Waals surface area contributed by atoms with Gasteiger partial charge < -0.3 is 5.11 Å². The third-order valence-electron chi connectivity index (χ3n) is 1.83. The van der Waals surface area contributed by atoms with Crippen molar-refractivity contribution in [2.45, 2.75) is 19.9 Å². The Hall–Kier alpha value is -2.09. The average molecular weight is 205 g/mol. The maximum absolute atomic E-state index is 10.6. The number of nitrogens with zero attached hydrogens (tertiary/aromatic N) is 3. The predicted molar refractivity (Wildman–Crippen MR) is 53.7 cm³/mol. The molecular formula is C10H11N3O2. The van der Waals surface area contributed by atoms with Gasteiger partial charge in [0.1, 0.15) is 11.6 Å². The number of rotatable bonds is 4. The van der Waals surface area contributed by atoms with Gasteiger partial charge in [-0.25, -0.2) is 4.79 Å². The third kappa shape index (κ3) is 2.68. The lowest BCUT2D eigenvalue weighted by molar-refractivity contribution is -0.132. The molecule has 5 nitrogen and oxygen atoms in total.